The van der Waals surface area contributed by atoms with Gasteiger partial charge in [0.05, 0.1) is 50.3 Å². The molecule has 0 aliphatic heterocycles. The molecule has 12 aromatic carbocycles. The Balaban J connectivity index is 1.13. The topological polar surface area (TPSA) is 32.8 Å². The fraction of sp³-hybridized carbons (Fsp3) is 0.158. The summed E-state index contributed by atoms with van der Waals surface area (Å²) < 4.78 is 14.3. The van der Waals surface area contributed by atoms with E-state index >= 15 is 0 Å². The van der Waals surface area contributed by atoms with E-state index < -0.39 is 16.1 Å². The van der Waals surface area contributed by atoms with Crippen molar-refractivity contribution in [3.05, 3.63) is 230 Å². The van der Waals surface area contributed by atoms with E-state index in [9.17, 15) is 0 Å². The zero-order valence-electron chi connectivity index (χ0n) is 47.7. The Labute approximate surface area is 482 Å². The number of hydrogen-bond acceptors (Lipinski definition) is 4. The normalized spacial score (nSPS) is 13.7. The molecule has 0 spiro atoms. The zero-order chi connectivity index (χ0) is 55.4. The van der Waals surface area contributed by atoms with Crippen LogP contribution >= 0.6 is 0 Å². The summed E-state index contributed by atoms with van der Waals surface area (Å²) in [5.41, 5.74) is 15.8. The van der Waals surface area contributed by atoms with Crippen molar-refractivity contribution in [2.75, 3.05) is 9.80 Å². The van der Waals surface area contributed by atoms with Gasteiger partial charge in [-0.15, -0.1) is 0 Å². The molecule has 0 bridgehead atoms. The molecule has 1 saturated carbocycles. The Bertz CT molecular complexity index is 4480. The summed E-state index contributed by atoms with van der Waals surface area (Å²) >= 11 is 0. The molecule has 1 fully saturated rings. The minimum atomic E-state index is -1.82. The maximum atomic E-state index is 7.17. The van der Waals surface area contributed by atoms with Crippen LogP contribution in [-0.2, 0) is 0 Å². The number of benzene rings is 12. The van der Waals surface area contributed by atoms with Gasteiger partial charge < -0.3 is 18.6 Å². The number of fused-ring (bicyclic) bond motifs is 6. The summed E-state index contributed by atoms with van der Waals surface area (Å²) in [6.07, 6.45) is 6.39. The van der Waals surface area contributed by atoms with E-state index in [1.807, 2.05) is 0 Å². The van der Waals surface area contributed by atoms with E-state index in [2.05, 4.69) is 274 Å². The van der Waals surface area contributed by atoms with Gasteiger partial charge in [0.25, 0.3) is 0 Å². The molecule has 6 heteroatoms. The van der Waals surface area contributed by atoms with Gasteiger partial charge in [0.1, 0.15) is 11.2 Å². The Kier molecular flexibility index (Phi) is 12.0. The molecule has 400 valence electrons. The number of furan rings is 2. The highest BCUT2D eigenvalue weighted by atomic mass is 28.3. The third-order valence-corrected chi connectivity index (χ3v) is 22.0. The first-order valence-corrected chi connectivity index (χ1v) is 36.5. The van der Waals surface area contributed by atoms with Gasteiger partial charge in [0.15, 0.2) is 11.2 Å². The minimum absolute atomic E-state index is 0.562. The van der Waals surface area contributed by atoms with Crippen LogP contribution in [0.5, 0.6) is 0 Å². The second kappa shape index (κ2) is 19.5. The van der Waals surface area contributed by atoms with Crippen LogP contribution in [-0.4, -0.2) is 16.1 Å². The summed E-state index contributed by atoms with van der Waals surface area (Å²) in [6.45, 7) is 14.7. The lowest BCUT2D eigenvalue weighted by molar-refractivity contribution is 0.444. The fourth-order valence-electron chi connectivity index (χ4n) is 13.6. The zero-order valence-corrected chi connectivity index (χ0v) is 49.7. The van der Waals surface area contributed by atoms with Gasteiger partial charge in [-0.3, -0.25) is 0 Å². The molecule has 4 nitrogen and oxygen atoms in total. The van der Waals surface area contributed by atoms with Crippen molar-refractivity contribution in [3.8, 4) is 22.3 Å². The van der Waals surface area contributed by atoms with Gasteiger partial charge >= 0.3 is 0 Å². The summed E-state index contributed by atoms with van der Waals surface area (Å²) in [5.74, 6) is 0.562. The Morgan fingerprint density at radius 3 is 1.24 bits per heavy atom. The van der Waals surface area contributed by atoms with Crippen LogP contribution in [0.3, 0.4) is 0 Å². The van der Waals surface area contributed by atoms with Crippen LogP contribution in [0.2, 0.25) is 39.3 Å². The van der Waals surface area contributed by atoms with Crippen LogP contribution in [0.15, 0.2) is 233 Å². The van der Waals surface area contributed by atoms with Gasteiger partial charge in [-0.2, -0.15) is 0 Å². The first-order chi connectivity index (χ1) is 39.9. The number of anilines is 6. The van der Waals surface area contributed by atoms with E-state index in [4.69, 9.17) is 8.83 Å². The molecule has 2 heterocycles. The molecular formula is C76H66N2O2Si2. The van der Waals surface area contributed by atoms with E-state index in [0.717, 1.165) is 78.0 Å². The standard InChI is InChI=1S/C76H66N2O2Si2/c1-81(2,3)55-38-42-65(63(46-55)50-24-12-8-13-25-50)77(67-32-20-30-59-57-28-16-18-34-71(57)79-75(59)67)69-48-70(62-41-37-53-45-54(49-22-10-7-11-23-49)44-52-36-40-61(69)74(62)73(52)53)78(68-33-21-31-60-58-29-17-19-35-72(58)80-76(60)68)66-43-39-56(82(4,5)6)47-64(66)51-26-14-9-15-27-51/h8-9,12-21,24-49H,7,10-11,22-23H2,1-6H3. The fourth-order valence-corrected chi connectivity index (χ4v) is 16.0. The monoisotopic (exact) mass is 1090 g/mol. The van der Waals surface area contributed by atoms with E-state index in [-0.39, 0.29) is 0 Å². The van der Waals surface area contributed by atoms with Crippen LogP contribution < -0.4 is 20.2 Å². The van der Waals surface area contributed by atoms with E-state index in [1.165, 1.54) is 103 Å². The SMILES string of the molecule is C[Si](C)(C)c1ccc(N(c2cc(N(c3ccc([Si](C)(C)C)cc3-c3ccccc3)c3cccc4c3oc3ccccc34)c3ccc4cc(C5CCCCC5)cc5ccc2c3c54)c2cccc3c2oc2ccccc23)c(-c2ccccc2)c1. The van der Waals surface area contributed by atoms with E-state index in [0.29, 0.717) is 5.92 Å². The van der Waals surface area contributed by atoms with Crippen molar-refractivity contribution < 1.29 is 8.83 Å². The quantitative estimate of drug-likeness (QED) is 0.0954. The van der Waals surface area contributed by atoms with Crippen LogP contribution in [0.1, 0.15) is 43.6 Å². The predicted molar refractivity (Wildman–Crippen MR) is 357 cm³/mol. The van der Waals surface area contributed by atoms with Gasteiger partial charge in [-0.25, -0.2) is 0 Å². The smallest absolute Gasteiger partial charge is 0.159 e. The van der Waals surface area contributed by atoms with Crippen molar-refractivity contribution in [3.63, 3.8) is 0 Å². The number of para-hydroxylation sites is 4. The lowest BCUT2D eigenvalue weighted by Gasteiger charge is -2.34. The maximum Gasteiger partial charge on any atom is 0.159 e. The third kappa shape index (κ3) is 8.36. The predicted octanol–water partition coefficient (Wildman–Crippen LogP) is 21.8. The van der Waals surface area contributed by atoms with Crippen molar-refractivity contribution in [1.29, 1.82) is 0 Å². The molecule has 2 aromatic heterocycles. The number of hydrogen-bond donors (Lipinski definition) is 0. The number of rotatable bonds is 11. The largest absolute Gasteiger partial charge is 0.454 e. The summed E-state index contributed by atoms with van der Waals surface area (Å²) in [4.78, 5) is 5.10. The molecule has 1 aliphatic carbocycles. The van der Waals surface area contributed by atoms with Crippen LogP contribution in [0.25, 0.3) is 98.4 Å². The first kappa shape index (κ1) is 50.3. The molecule has 15 rings (SSSR count). The van der Waals surface area contributed by atoms with Gasteiger partial charge in [-0.1, -0.05) is 251 Å². The summed E-state index contributed by atoms with van der Waals surface area (Å²) in [6, 6.07) is 84.3. The third-order valence-electron chi connectivity index (χ3n) is 17.9. The molecule has 0 saturated heterocycles. The average molecular weight is 1100 g/mol. The summed E-state index contributed by atoms with van der Waals surface area (Å²) in [5, 5.41) is 14.6. The molecule has 0 amide bonds. The van der Waals surface area contributed by atoms with Crippen LogP contribution in [0.4, 0.5) is 34.1 Å². The second-order valence-electron chi connectivity index (χ2n) is 25.1. The lowest BCUT2D eigenvalue weighted by atomic mass is 9.82. The van der Waals surface area contributed by atoms with Crippen molar-refractivity contribution >= 4 is 137 Å². The highest BCUT2D eigenvalue weighted by Crippen LogP contribution is 2.55. The molecule has 1 aliphatic rings. The van der Waals surface area contributed by atoms with Gasteiger partial charge in [0, 0.05) is 48.8 Å². The van der Waals surface area contributed by atoms with Crippen molar-refractivity contribution in [2.45, 2.75) is 77.3 Å². The van der Waals surface area contributed by atoms with Gasteiger partial charge in [-0.05, 0) is 94.1 Å². The second-order valence-corrected chi connectivity index (χ2v) is 35.2. The molecule has 0 N–H and O–H groups in total. The van der Waals surface area contributed by atoms with E-state index in [1.54, 1.807) is 0 Å². The minimum Gasteiger partial charge on any atom is -0.454 e. The lowest BCUT2D eigenvalue weighted by Crippen LogP contribution is -2.37. The maximum absolute atomic E-state index is 7.17. The Morgan fingerprint density at radius 2 is 0.780 bits per heavy atom. The Hall–Kier alpha value is -8.69. The molecule has 0 radical (unpaired) electrons. The number of nitrogens with zero attached hydrogens (tertiary/aromatic N) is 2. The van der Waals surface area contributed by atoms with Crippen molar-refractivity contribution in [2.24, 2.45) is 0 Å². The van der Waals surface area contributed by atoms with Crippen molar-refractivity contribution in [1.82, 2.24) is 0 Å². The average Bonchev–Trinajstić information content (AvgIpc) is 1.35. The first-order valence-electron chi connectivity index (χ1n) is 29.5. The summed E-state index contributed by atoms with van der Waals surface area (Å²) in [7, 11) is -3.64. The Morgan fingerprint density at radius 1 is 0.341 bits per heavy atom. The highest BCUT2D eigenvalue weighted by Gasteiger charge is 2.32. The highest BCUT2D eigenvalue weighted by molar-refractivity contribution is 6.89. The molecular weight excluding hydrogens is 1030 g/mol. The molecule has 0 unspecified atom stereocenters. The van der Waals surface area contributed by atoms with Gasteiger partial charge in [0.2, 0.25) is 0 Å². The molecule has 14 aromatic rings. The van der Waals surface area contributed by atoms with Crippen LogP contribution in [0, 0.1) is 0 Å². The molecule has 0 atom stereocenters. The molecule has 82 heavy (non-hydrogen) atoms.